The number of carbonyl (C=O) groups is 1. The van der Waals surface area contributed by atoms with Gasteiger partial charge in [0.15, 0.2) is 0 Å². The van der Waals surface area contributed by atoms with E-state index in [-0.39, 0.29) is 5.91 Å². The number of aromatic amines is 1. The zero-order valence-corrected chi connectivity index (χ0v) is 11.7. The summed E-state index contributed by atoms with van der Waals surface area (Å²) in [4.78, 5) is 11.9. The molecule has 2 rings (SSSR count). The van der Waals surface area contributed by atoms with E-state index in [0.29, 0.717) is 18.0 Å². The molecule has 0 saturated carbocycles. The predicted molar refractivity (Wildman–Crippen MR) is 75.1 cm³/mol. The van der Waals surface area contributed by atoms with E-state index in [1.807, 2.05) is 26.0 Å². The molecule has 100 valence electrons. The molecule has 0 aliphatic carbocycles. The summed E-state index contributed by atoms with van der Waals surface area (Å²) in [5, 5.41) is 10.5. The standard InChI is InChI=1S/C14H16ClN3O/c1-9-13(10(2)18-17-9)8-16-14(19)7-11-4-3-5-12(15)6-11/h3-6H,7-8H2,1-2H3,(H,16,19)(H,17,18). The van der Waals surface area contributed by atoms with Gasteiger partial charge in [0.25, 0.3) is 0 Å². The minimum absolute atomic E-state index is 0.0257. The molecule has 1 aromatic carbocycles. The normalized spacial score (nSPS) is 10.5. The third-order valence-electron chi connectivity index (χ3n) is 3.00. The van der Waals surface area contributed by atoms with Crippen molar-refractivity contribution < 1.29 is 4.79 Å². The van der Waals surface area contributed by atoms with E-state index in [1.165, 1.54) is 0 Å². The molecule has 4 nitrogen and oxygen atoms in total. The van der Waals surface area contributed by atoms with E-state index in [1.54, 1.807) is 12.1 Å². The first kappa shape index (κ1) is 13.6. The maximum absolute atomic E-state index is 11.9. The van der Waals surface area contributed by atoms with E-state index in [0.717, 1.165) is 22.5 Å². The second-order valence-corrected chi connectivity index (χ2v) is 4.93. The van der Waals surface area contributed by atoms with Crippen molar-refractivity contribution in [1.82, 2.24) is 15.5 Å². The number of nitrogens with zero attached hydrogens (tertiary/aromatic N) is 1. The summed E-state index contributed by atoms with van der Waals surface area (Å²) in [6, 6.07) is 7.33. The van der Waals surface area contributed by atoms with E-state index in [2.05, 4.69) is 15.5 Å². The third kappa shape index (κ3) is 3.58. The number of nitrogens with one attached hydrogen (secondary N) is 2. The van der Waals surface area contributed by atoms with Crippen molar-refractivity contribution in [3.05, 3.63) is 51.8 Å². The van der Waals surface area contributed by atoms with Gasteiger partial charge >= 0.3 is 0 Å². The molecular weight excluding hydrogens is 262 g/mol. The van der Waals surface area contributed by atoms with Gasteiger partial charge in [0.2, 0.25) is 5.91 Å². The Balaban J connectivity index is 1.92. The van der Waals surface area contributed by atoms with E-state index < -0.39 is 0 Å². The van der Waals surface area contributed by atoms with Crippen LogP contribution in [0.1, 0.15) is 22.5 Å². The number of aryl methyl sites for hydroxylation is 2. The second-order valence-electron chi connectivity index (χ2n) is 4.50. The molecule has 0 aliphatic rings. The van der Waals surface area contributed by atoms with Crippen LogP contribution in [0, 0.1) is 13.8 Å². The number of hydrogen-bond acceptors (Lipinski definition) is 2. The summed E-state index contributed by atoms with van der Waals surface area (Å²) in [6.07, 6.45) is 0.330. The first-order chi connectivity index (χ1) is 9.06. The average Bonchev–Trinajstić information content (AvgIpc) is 2.67. The van der Waals surface area contributed by atoms with Gasteiger partial charge in [-0.1, -0.05) is 23.7 Å². The number of halogens is 1. The van der Waals surface area contributed by atoms with Crippen LogP contribution in [-0.4, -0.2) is 16.1 Å². The molecule has 0 radical (unpaired) electrons. The van der Waals surface area contributed by atoms with Crippen molar-refractivity contribution in [3.63, 3.8) is 0 Å². The minimum atomic E-state index is -0.0257. The lowest BCUT2D eigenvalue weighted by atomic mass is 10.1. The molecule has 0 atom stereocenters. The van der Waals surface area contributed by atoms with Gasteiger partial charge in [0.05, 0.1) is 12.1 Å². The van der Waals surface area contributed by atoms with Crippen LogP contribution in [0.15, 0.2) is 24.3 Å². The second kappa shape index (κ2) is 5.89. The summed E-state index contributed by atoms with van der Waals surface area (Å²) in [6.45, 7) is 4.36. The van der Waals surface area contributed by atoms with Crippen molar-refractivity contribution in [1.29, 1.82) is 0 Å². The number of aromatic nitrogens is 2. The van der Waals surface area contributed by atoms with Crippen LogP contribution in [0.25, 0.3) is 0 Å². The van der Waals surface area contributed by atoms with E-state index in [4.69, 9.17) is 11.6 Å². The molecule has 2 aromatic rings. The van der Waals surface area contributed by atoms with Gasteiger partial charge in [-0.15, -0.1) is 0 Å². The quantitative estimate of drug-likeness (QED) is 0.902. The van der Waals surface area contributed by atoms with Gasteiger partial charge in [0, 0.05) is 22.8 Å². The number of hydrogen-bond donors (Lipinski definition) is 2. The predicted octanol–water partition coefficient (Wildman–Crippen LogP) is 2.54. The molecule has 0 fully saturated rings. The molecule has 0 aliphatic heterocycles. The van der Waals surface area contributed by atoms with Crippen molar-refractivity contribution >= 4 is 17.5 Å². The maximum Gasteiger partial charge on any atom is 0.224 e. The van der Waals surface area contributed by atoms with Crippen LogP contribution < -0.4 is 5.32 Å². The van der Waals surface area contributed by atoms with Gasteiger partial charge in [-0.2, -0.15) is 5.10 Å². The van der Waals surface area contributed by atoms with Gasteiger partial charge in [-0.3, -0.25) is 9.89 Å². The highest BCUT2D eigenvalue weighted by atomic mass is 35.5. The van der Waals surface area contributed by atoms with Crippen LogP contribution >= 0.6 is 11.6 Å². The molecule has 19 heavy (non-hydrogen) atoms. The van der Waals surface area contributed by atoms with Crippen molar-refractivity contribution in [2.75, 3.05) is 0 Å². The largest absolute Gasteiger partial charge is 0.352 e. The fourth-order valence-electron chi connectivity index (χ4n) is 1.92. The highest BCUT2D eigenvalue weighted by Crippen LogP contribution is 2.12. The molecule has 1 aromatic heterocycles. The Labute approximate surface area is 117 Å². The Morgan fingerprint density at radius 3 is 2.84 bits per heavy atom. The number of amides is 1. The monoisotopic (exact) mass is 277 g/mol. The Morgan fingerprint density at radius 1 is 1.42 bits per heavy atom. The highest BCUT2D eigenvalue weighted by Gasteiger charge is 2.08. The fourth-order valence-corrected chi connectivity index (χ4v) is 2.13. The molecule has 1 heterocycles. The van der Waals surface area contributed by atoms with Crippen molar-refractivity contribution in [3.8, 4) is 0 Å². The number of carbonyl (C=O) groups excluding carboxylic acids is 1. The molecule has 5 heteroatoms. The summed E-state index contributed by atoms with van der Waals surface area (Å²) in [7, 11) is 0. The molecule has 2 N–H and O–H groups in total. The smallest absolute Gasteiger partial charge is 0.224 e. The average molecular weight is 278 g/mol. The van der Waals surface area contributed by atoms with Gasteiger partial charge < -0.3 is 5.32 Å². The Kier molecular flexibility index (Phi) is 4.22. The maximum atomic E-state index is 11.9. The van der Waals surface area contributed by atoms with E-state index in [9.17, 15) is 4.79 Å². The molecule has 1 amide bonds. The summed E-state index contributed by atoms with van der Waals surface area (Å²) >= 11 is 5.88. The van der Waals surface area contributed by atoms with Crippen LogP contribution in [-0.2, 0) is 17.8 Å². The van der Waals surface area contributed by atoms with Gasteiger partial charge in [-0.05, 0) is 31.5 Å². The fraction of sp³-hybridized carbons (Fsp3) is 0.286. The summed E-state index contributed by atoms with van der Waals surface area (Å²) < 4.78 is 0. The highest BCUT2D eigenvalue weighted by molar-refractivity contribution is 6.30. The topological polar surface area (TPSA) is 57.8 Å². The van der Waals surface area contributed by atoms with Crippen LogP contribution in [0.5, 0.6) is 0 Å². The summed E-state index contributed by atoms with van der Waals surface area (Å²) in [5.41, 5.74) is 3.85. The van der Waals surface area contributed by atoms with Crippen molar-refractivity contribution in [2.24, 2.45) is 0 Å². The van der Waals surface area contributed by atoms with Crippen LogP contribution in [0.3, 0.4) is 0 Å². The number of benzene rings is 1. The lowest BCUT2D eigenvalue weighted by molar-refractivity contribution is -0.120. The zero-order valence-electron chi connectivity index (χ0n) is 11.0. The molecular formula is C14H16ClN3O. The lowest BCUT2D eigenvalue weighted by Gasteiger charge is -2.06. The Hall–Kier alpha value is -1.81. The first-order valence-corrected chi connectivity index (χ1v) is 6.45. The Bertz CT molecular complexity index is 573. The first-order valence-electron chi connectivity index (χ1n) is 6.08. The molecule has 0 bridgehead atoms. The van der Waals surface area contributed by atoms with Crippen molar-refractivity contribution in [2.45, 2.75) is 26.8 Å². The Morgan fingerprint density at radius 2 is 2.21 bits per heavy atom. The molecule has 0 unspecified atom stereocenters. The van der Waals surface area contributed by atoms with Crippen LogP contribution in [0.4, 0.5) is 0 Å². The number of H-pyrrole nitrogens is 1. The van der Waals surface area contributed by atoms with Gasteiger partial charge in [-0.25, -0.2) is 0 Å². The molecule has 0 saturated heterocycles. The summed E-state index contributed by atoms with van der Waals surface area (Å²) in [5.74, 6) is -0.0257. The van der Waals surface area contributed by atoms with Crippen LogP contribution in [0.2, 0.25) is 5.02 Å². The van der Waals surface area contributed by atoms with E-state index >= 15 is 0 Å². The molecule has 0 spiro atoms. The number of rotatable bonds is 4. The SMILES string of the molecule is Cc1n[nH]c(C)c1CNC(=O)Cc1cccc(Cl)c1. The lowest BCUT2D eigenvalue weighted by Crippen LogP contribution is -2.25. The zero-order chi connectivity index (χ0) is 13.8. The minimum Gasteiger partial charge on any atom is -0.352 e. The van der Waals surface area contributed by atoms with Gasteiger partial charge in [0.1, 0.15) is 0 Å². The third-order valence-corrected chi connectivity index (χ3v) is 3.23.